The molecule has 2 aliphatic heterocycles. The molecule has 5 rings (SSSR count). The minimum Gasteiger partial charge on any atom is -0.353 e. The van der Waals surface area contributed by atoms with Crippen molar-refractivity contribution in [3.05, 3.63) is 90.0 Å². The molecule has 33 heavy (non-hydrogen) atoms. The van der Waals surface area contributed by atoms with E-state index in [0.29, 0.717) is 25.2 Å². The molecule has 0 unspecified atom stereocenters. The number of para-hydroxylation sites is 1. The van der Waals surface area contributed by atoms with Gasteiger partial charge in [0.1, 0.15) is 6.04 Å². The second-order valence-electron chi connectivity index (χ2n) is 8.46. The summed E-state index contributed by atoms with van der Waals surface area (Å²) in [5.74, 6) is -1.10. The Hall–Kier alpha value is -3.93. The molecule has 0 bridgehead atoms. The smallest absolute Gasteiger partial charge is 0.243 e. The van der Waals surface area contributed by atoms with Gasteiger partial charge in [-0.2, -0.15) is 0 Å². The van der Waals surface area contributed by atoms with Crippen molar-refractivity contribution in [1.29, 1.82) is 0 Å². The van der Waals surface area contributed by atoms with Crippen LogP contribution in [0.25, 0.3) is 11.1 Å². The molecule has 0 saturated carbocycles. The van der Waals surface area contributed by atoms with Gasteiger partial charge in [0, 0.05) is 31.6 Å². The van der Waals surface area contributed by atoms with Crippen molar-refractivity contribution in [2.45, 2.75) is 24.8 Å². The van der Waals surface area contributed by atoms with Crippen LogP contribution in [0.15, 0.2) is 78.9 Å². The van der Waals surface area contributed by atoms with E-state index in [2.05, 4.69) is 10.6 Å². The van der Waals surface area contributed by atoms with Gasteiger partial charge < -0.3 is 15.5 Å². The molecule has 2 N–H and O–H groups in total. The SMILES string of the molecule is O=C1C[C@H](C(=O)N2CCNC(=O)[C@H]2Cc2ccccc2-c2ccccc2)c2ccccc2N1. The average Bonchev–Trinajstić information content (AvgIpc) is 2.85. The summed E-state index contributed by atoms with van der Waals surface area (Å²) >= 11 is 0. The summed E-state index contributed by atoms with van der Waals surface area (Å²) in [6.45, 7) is 0.824. The number of piperazine rings is 1. The van der Waals surface area contributed by atoms with Crippen LogP contribution in [0, 0.1) is 0 Å². The maximum atomic E-state index is 13.7. The molecule has 3 aromatic carbocycles. The van der Waals surface area contributed by atoms with Crippen molar-refractivity contribution >= 4 is 23.4 Å². The molecule has 3 amide bonds. The zero-order chi connectivity index (χ0) is 22.8. The standard InChI is InChI=1S/C27H25N3O3/c31-25-17-22(21-12-6-7-13-23(21)29-25)27(33)30-15-14-28-26(32)24(30)16-19-10-4-5-11-20(19)18-8-2-1-3-9-18/h1-13,22,24H,14-17H2,(H,28,32)(H,29,31)/t22-,24+/m0/s1. The van der Waals surface area contributed by atoms with E-state index < -0.39 is 12.0 Å². The molecule has 0 radical (unpaired) electrons. The number of hydrogen-bond donors (Lipinski definition) is 2. The molecule has 3 aromatic rings. The molecule has 0 spiro atoms. The zero-order valence-corrected chi connectivity index (χ0v) is 18.2. The molecule has 2 aliphatic rings. The highest BCUT2D eigenvalue weighted by Crippen LogP contribution is 2.34. The number of carbonyl (C=O) groups excluding carboxylic acids is 3. The Balaban J connectivity index is 1.47. The van der Waals surface area contributed by atoms with Crippen LogP contribution in [0.3, 0.4) is 0 Å². The molecule has 6 heteroatoms. The van der Waals surface area contributed by atoms with Crippen LogP contribution in [0.5, 0.6) is 0 Å². The summed E-state index contributed by atoms with van der Waals surface area (Å²) in [7, 11) is 0. The van der Waals surface area contributed by atoms with Crippen LogP contribution in [0.1, 0.15) is 23.5 Å². The van der Waals surface area contributed by atoms with Gasteiger partial charge in [-0.05, 0) is 28.3 Å². The van der Waals surface area contributed by atoms with Crippen molar-refractivity contribution in [2.24, 2.45) is 0 Å². The van der Waals surface area contributed by atoms with Gasteiger partial charge >= 0.3 is 0 Å². The van der Waals surface area contributed by atoms with E-state index in [-0.39, 0.29) is 24.1 Å². The molecule has 2 atom stereocenters. The van der Waals surface area contributed by atoms with Crippen LogP contribution in [0.2, 0.25) is 0 Å². The maximum absolute atomic E-state index is 13.7. The number of hydrogen-bond acceptors (Lipinski definition) is 3. The lowest BCUT2D eigenvalue weighted by Crippen LogP contribution is -2.59. The van der Waals surface area contributed by atoms with E-state index in [4.69, 9.17) is 0 Å². The van der Waals surface area contributed by atoms with Crippen LogP contribution in [0.4, 0.5) is 5.69 Å². The highest BCUT2D eigenvalue weighted by Gasteiger charge is 2.39. The van der Waals surface area contributed by atoms with Gasteiger partial charge in [0.15, 0.2) is 0 Å². The average molecular weight is 440 g/mol. The lowest BCUT2D eigenvalue weighted by molar-refractivity contribution is -0.145. The van der Waals surface area contributed by atoms with E-state index in [1.165, 1.54) is 0 Å². The molecule has 6 nitrogen and oxygen atoms in total. The third-order valence-electron chi connectivity index (χ3n) is 6.43. The lowest BCUT2D eigenvalue weighted by atomic mass is 9.87. The van der Waals surface area contributed by atoms with E-state index in [9.17, 15) is 14.4 Å². The Morgan fingerprint density at radius 3 is 2.48 bits per heavy atom. The van der Waals surface area contributed by atoms with Crippen LogP contribution in [-0.4, -0.2) is 41.8 Å². The number of benzene rings is 3. The van der Waals surface area contributed by atoms with E-state index >= 15 is 0 Å². The Morgan fingerprint density at radius 2 is 1.64 bits per heavy atom. The fourth-order valence-corrected chi connectivity index (χ4v) is 4.82. The topological polar surface area (TPSA) is 78.5 Å². The zero-order valence-electron chi connectivity index (χ0n) is 18.2. The molecule has 0 aromatic heterocycles. The van der Waals surface area contributed by atoms with Gasteiger partial charge in [-0.1, -0.05) is 72.8 Å². The number of carbonyl (C=O) groups is 3. The third-order valence-corrected chi connectivity index (χ3v) is 6.43. The van der Waals surface area contributed by atoms with Crippen molar-refractivity contribution in [1.82, 2.24) is 10.2 Å². The maximum Gasteiger partial charge on any atom is 0.243 e. The van der Waals surface area contributed by atoms with Gasteiger partial charge in [0.05, 0.1) is 5.92 Å². The van der Waals surface area contributed by atoms with Gasteiger partial charge in [0.25, 0.3) is 0 Å². The third kappa shape index (κ3) is 4.12. The summed E-state index contributed by atoms with van der Waals surface area (Å²) in [6.07, 6.45) is 0.491. The van der Waals surface area contributed by atoms with E-state index in [1.807, 2.05) is 78.9 Å². The van der Waals surface area contributed by atoms with E-state index in [0.717, 1.165) is 22.3 Å². The minimum atomic E-state index is -0.631. The molecular weight excluding hydrogens is 414 g/mol. The number of nitrogens with zero attached hydrogens (tertiary/aromatic N) is 1. The normalized spacial score (nSPS) is 19.9. The molecule has 1 fully saturated rings. The molecular formula is C27H25N3O3. The van der Waals surface area contributed by atoms with Gasteiger partial charge in [-0.25, -0.2) is 0 Å². The van der Waals surface area contributed by atoms with Crippen LogP contribution >= 0.6 is 0 Å². The first-order chi connectivity index (χ1) is 16.1. The number of anilines is 1. The largest absolute Gasteiger partial charge is 0.353 e. The first kappa shape index (κ1) is 20.9. The summed E-state index contributed by atoms with van der Waals surface area (Å²) in [4.78, 5) is 40.7. The van der Waals surface area contributed by atoms with E-state index in [1.54, 1.807) is 4.90 Å². The first-order valence-corrected chi connectivity index (χ1v) is 11.2. The van der Waals surface area contributed by atoms with Gasteiger partial charge in [0.2, 0.25) is 17.7 Å². The second-order valence-corrected chi connectivity index (χ2v) is 8.46. The molecule has 2 heterocycles. The Kier molecular flexibility index (Phi) is 5.65. The highest BCUT2D eigenvalue weighted by molar-refractivity contribution is 6.02. The Morgan fingerprint density at radius 1 is 0.909 bits per heavy atom. The number of amides is 3. The lowest BCUT2D eigenvalue weighted by Gasteiger charge is -2.38. The quantitative estimate of drug-likeness (QED) is 0.655. The second kappa shape index (κ2) is 8.90. The minimum absolute atomic E-state index is 0.0846. The summed E-state index contributed by atoms with van der Waals surface area (Å²) in [5.41, 5.74) is 4.59. The monoisotopic (exact) mass is 439 g/mol. The molecule has 166 valence electrons. The van der Waals surface area contributed by atoms with Gasteiger partial charge in [-0.3, -0.25) is 14.4 Å². The number of nitrogens with one attached hydrogen (secondary N) is 2. The summed E-state index contributed by atoms with van der Waals surface area (Å²) < 4.78 is 0. The van der Waals surface area contributed by atoms with Gasteiger partial charge in [-0.15, -0.1) is 0 Å². The van der Waals surface area contributed by atoms with Crippen molar-refractivity contribution in [2.75, 3.05) is 18.4 Å². The van der Waals surface area contributed by atoms with Crippen LogP contribution in [-0.2, 0) is 20.8 Å². The summed E-state index contributed by atoms with van der Waals surface area (Å²) in [6, 6.07) is 24.8. The number of rotatable bonds is 4. The summed E-state index contributed by atoms with van der Waals surface area (Å²) in [5, 5.41) is 5.76. The predicted octanol–water partition coefficient (Wildman–Crippen LogP) is 3.35. The predicted molar refractivity (Wildman–Crippen MR) is 127 cm³/mol. The Bertz CT molecular complexity index is 1210. The van der Waals surface area contributed by atoms with Crippen LogP contribution < -0.4 is 10.6 Å². The molecule has 1 saturated heterocycles. The highest BCUT2D eigenvalue weighted by atomic mass is 16.2. The van der Waals surface area contributed by atoms with Crippen molar-refractivity contribution in [3.63, 3.8) is 0 Å². The fourth-order valence-electron chi connectivity index (χ4n) is 4.82. The van der Waals surface area contributed by atoms with Crippen molar-refractivity contribution in [3.8, 4) is 11.1 Å². The molecule has 0 aliphatic carbocycles. The fraction of sp³-hybridized carbons (Fsp3) is 0.222. The number of fused-ring (bicyclic) bond motifs is 1. The first-order valence-electron chi connectivity index (χ1n) is 11.2. The van der Waals surface area contributed by atoms with Crippen molar-refractivity contribution < 1.29 is 14.4 Å². The Labute approximate surface area is 192 Å².